The van der Waals surface area contributed by atoms with Gasteiger partial charge in [0.15, 0.2) is 0 Å². The molecule has 0 aromatic carbocycles. The lowest BCUT2D eigenvalue weighted by Gasteiger charge is -2.41. The number of H-pyrrole nitrogens is 1. The lowest BCUT2D eigenvalue weighted by molar-refractivity contribution is -0.757. The largest absolute Gasteiger partial charge is 0.346 e. The van der Waals surface area contributed by atoms with Crippen molar-refractivity contribution >= 4 is 33.8 Å². The number of rotatable bonds is 7. The number of nitrogens with one attached hydrogen (secondary N) is 1. The Morgan fingerprint density at radius 2 is 2.21 bits per heavy atom. The summed E-state index contributed by atoms with van der Waals surface area (Å²) in [4.78, 5) is 27.4. The second-order valence-corrected chi connectivity index (χ2v) is 8.44. The molecular formula is C18H24N6O3S. The zero-order valence-electron chi connectivity index (χ0n) is 16.1. The Hall–Kier alpha value is -2.49. The lowest BCUT2D eigenvalue weighted by Crippen LogP contribution is -2.46. The van der Waals surface area contributed by atoms with Gasteiger partial charge in [-0.2, -0.15) is 11.8 Å². The molecule has 10 heteroatoms. The third kappa shape index (κ3) is 3.48. The van der Waals surface area contributed by atoms with E-state index in [0.717, 1.165) is 59.6 Å². The molecule has 0 unspecified atom stereocenters. The zero-order chi connectivity index (χ0) is 19.7. The molecule has 0 amide bonds. The number of aromatic amines is 1. The van der Waals surface area contributed by atoms with Crippen LogP contribution >= 0.6 is 11.8 Å². The molecule has 0 atom stereocenters. The van der Waals surface area contributed by atoms with Crippen molar-refractivity contribution in [1.82, 2.24) is 19.6 Å². The van der Waals surface area contributed by atoms with Gasteiger partial charge in [0, 0.05) is 31.1 Å². The van der Waals surface area contributed by atoms with E-state index in [1.54, 1.807) is 6.20 Å². The van der Waals surface area contributed by atoms with Crippen molar-refractivity contribution in [3.63, 3.8) is 0 Å². The van der Waals surface area contributed by atoms with Crippen molar-refractivity contribution in [3.8, 4) is 0 Å². The maximum atomic E-state index is 10.6. The van der Waals surface area contributed by atoms with E-state index in [2.05, 4.69) is 37.7 Å². The topological polar surface area (TPSA) is 102 Å². The van der Waals surface area contributed by atoms with Gasteiger partial charge >= 0.3 is 0 Å². The summed E-state index contributed by atoms with van der Waals surface area (Å²) in [5, 5.41) is 13.1. The van der Waals surface area contributed by atoms with Gasteiger partial charge in [0.2, 0.25) is 0 Å². The minimum absolute atomic E-state index is 0.0158. The van der Waals surface area contributed by atoms with Gasteiger partial charge in [0.25, 0.3) is 5.09 Å². The van der Waals surface area contributed by atoms with E-state index >= 15 is 0 Å². The summed E-state index contributed by atoms with van der Waals surface area (Å²) in [5.41, 5.74) is 2.94. The van der Waals surface area contributed by atoms with Gasteiger partial charge in [0.1, 0.15) is 29.1 Å². The van der Waals surface area contributed by atoms with E-state index in [4.69, 9.17) is 4.98 Å². The minimum Gasteiger partial charge on any atom is -0.346 e. The van der Waals surface area contributed by atoms with Gasteiger partial charge in [-0.05, 0) is 36.3 Å². The number of fused-ring (bicyclic) bond motifs is 3. The molecule has 0 saturated carbocycles. The molecule has 4 rings (SSSR count). The third-order valence-corrected chi connectivity index (χ3v) is 6.48. The van der Waals surface area contributed by atoms with Gasteiger partial charge in [-0.15, -0.1) is 10.1 Å². The lowest BCUT2D eigenvalue weighted by atomic mass is 9.83. The van der Waals surface area contributed by atoms with Crippen LogP contribution in [0.1, 0.15) is 25.6 Å². The predicted molar refractivity (Wildman–Crippen MR) is 110 cm³/mol. The Morgan fingerprint density at radius 3 is 2.93 bits per heavy atom. The average Bonchev–Trinajstić information content (AvgIpc) is 3.26. The molecule has 1 fully saturated rings. The Morgan fingerprint density at radius 1 is 1.43 bits per heavy atom. The summed E-state index contributed by atoms with van der Waals surface area (Å²) in [5.74, 6) is 1.92. The van der Waals surface area contributed by atoms with E-state index in [9.17, 15) is 10.1 Å². The van der Waals surface area contributed by atoms with Gasteiger partial charge in [0.05, 0.1) is 6.20 Å². The SMILES string of the molecule is CSCC1(C)CCN(n2c(CCO[N+](=O)[O-])nc3cnc4[nH]ccc4c32)CC1. The van der Waals surface area contributed by atoms with Gasteiger partial charge in [-0.25, -0.2) is 14.6 Å². The van der Waals surface area contributed by atoms with Crippen LogP contribution in [-0.2, 0) is 11.3 Å². The zero-order valence-corrected chi connectivity index (χ0v) is 16.9. The first kappa shape index (κ1) is 18.9. The van der Waals surface area contributed by atoms with Gasteiger partial charge in [-0.3, -0.25) is 0 Å². The highest BCUT2D eigenvalue weighted by Gasteiger charge is 2.31. The van der Waals surface area contributed by atoms with Crippen LogP contribution in [0.15, 0.2) is 18.5 Å². The molecule has 1 aliphatic rings. The quantitative estimate of drug-likeness (QED) is 0.477. The number of aromatic nitrogens is 4. The maximum absolute atomic E-state index is 10.6. The smallest absolute Gasteiger partial charge is 0.294 e. The molecule has 0 aliphatic carbocycles. The molecule has 9 nitrogen and oxygen atoms in total. The fraction of sp³-hybridized carbons (Fsp3) is 0.556. The number of hydrogen-bond donors (Lipinski definition) is 1. The molecule has 0 bridgehead atoms. The number of piperidine rings is 1. The van der Waals surface area contributed by atoms with Crippen LogP contribution in [0.3, 0.4) is 0 Å². The van der Waals surface area contributed by atoms with E-state index in [0.29, 0.717) is 11.8 Å². The molecule has 150 valence electrons. The number of nitrogens with zero attached hydrogens (tertiary/aromatic N) is 5. The van der Waals surface area contributed by atoms with Crippen LogP contribution in [0.4, 0.5) is 0 Å². The molecule has 1 N–H and O–H groups in total. The van der Waals surface area contributed by atoms with E-state index in [1.807, 2.05) is 24.0 Å². The first-order valence-corrected chi connectivity index (χ1v) is 10.7. The van der Waals surface area contributed by atoms with Crippen molar-refractivity contribution in [3.05, 3.63) is 34.4 Å². The van der Waals surface area contributed by atoms with Crippen LogP contribution < -0.4 is 5.01 Å². The van der Waals surface area contributed by atoms with Crippen LogP contribution in [0, 0.1) is 15.5 Å². The van der Waals surface area contributed by atoms with Crippen molar-refractivity contribution in [1.29, 1.82) is 0 Å². The third-order valence-electron chi connectivity index (χ3n) is 5.49. The summed E-state index contributed by atoms with van der Waals surface area (Å²) in [6.45, 7) is 4.17. The predicted octanol–water partition coefficient (Wildman–Crippen LogP) is 2.76. The van der Waals surface area contributed by atoms with Gasteiger partial charge < -0.3 is 14.8 Å². The highest BCUT2D eigenvalue weighted by Crippen LogP contribution is 2.34. The second kappa shape index (κ2) is 7.50. The van der Waals surface area contributed by atoms with Crippen LogP contribution in [0.2, 0.25) is 0 Å². The number of hydrogen-bond acceptors (Lipinski definition) is 7. The molecule has 4 heterocycles. The second-order valence-electron chi connectivity index (χ2n) is 7.58. The van der Waals surface area contributed by atoms with Crippen molar-refractivity contribution in [2.45, 2.75) is 26.2 Å². The molecule has 3 aromatic heterocycles. The monoisotopic (exact) mass is 404 g/mol. The molecule has 0 radical (unpaired) electrons. The highest BCUT2D eigenvalue weighted by molar-refractivity contribution is 7.98. The summed E-state index contributed by atoms with van der Waals surface area (Å²) in [6.07, 6.45) is 8.34. The Balaban J connectivity index is 1.71. The van der Waals surface area contributed by atoms with E-state index in [1.165, 1.54) is 0 Å². The van der Waals surface area contributed by atoms with Crippen molar-refractivity contribution in [2.75, 3.05) is 36.7 Å². The maximum Gasteiger partial charge on any atom is 0.294 e. The minimum atomic E-state index is -0.756. The van der Waals surface area contributed by atoms with E-state index < -0.39 is 5.09 Å². The Kier molecular flexibility index (Phi) is 5.05. The average molecular weight is 404 g/mol. The van der Waals surface area contributed by atoms with Crippen LogP contribution in [0.25, 0.3) is 22.1 Å². The van der Waals surface area contributed by atoms with Gasteiger partial charge in [-0.1, -0.05) is 6.92 Å². The normalized spacial score (nSPS) is 16.7. The van der Waals surface area contributed by atoms with E-state index in [-0.39, 0.29) is 6.61 Å². The standard InChI is InChI=1S/C18H24N6O3S/c1-18(12-28-2)5-8-22(9-6-18)23-15(4-10-27-24(25)26)21-14-11-20-17-13(16(14)23)3-7-19-17/h3,7,11H,4-6,8-10,12H2,1-2H3,(H,19,20). The van der Waals surface area contributed by atoms with Crippen LogP contribution in [-0.4, -0.2) is 56.4 Å². The molecule has 1 aliphatic heterocycles. The number of imidazole rings is 1. The Bertz CT molecular complexity index is 992. The fourth-order valence-electron chi connectivity index (χ4n) is 4.01. The summed E-state index contributed by atoms with van der Waals surface area (Å²) < 4.78 is 2.13. The fourth-order valence-corrected chi connectivity index (χ4v) is 4.99. The highest BCUT2D eigenvalue weighted by atomic mass is 32.2. The first-order valence-electron chi connectivity index (χ1n) is 9.36. The Labute approximate surface area is 166 Å². The molecule has 3 aromatic rings. The summed E-state index contributed by atoms with van der Waals surface area (Å²) in [7, 11) is 0. The molecule has 0 spiro atoms. The molecular weight excluding hydrogens is 380 g/mol. The summed E-state index contributed by atoms with van der Waals surface area (Å²) >= 11 is 1.90. The van der Waals surface area contributed by atoms with Crippen molar-refractivity contribution < 1.29 is 9.92 Å². The number of thioether (sulfide) groups is 1. The molecule has 1 saturated heterocycles. The summed E-state index contributed by atoms with van der Waals surface area (Å²) in [6, 6.07) is 2.00. The number of pyridine rings is 1. The molecule has 28 heavy (non-hydrogen) atoms. The first-order chi connectivity index (χ1) is 13.5. The van der Waals surface area contributed by atoms with Crippen molar-refractivity contribution in [2.24, 2.45) is 5.41 Å². The van der Waals surface area contributed by atoms with Crippen LogP contribution in [0.5, 0.6) is 0 Å².